The van der Waals surface area contributed by atoms with Crippen molar-refractivity contribution >= 4 is 17.3 Å². The molecule has 0 aliphatic carbocycles. The van der Waals surface area contributed by atoms with E-state index in [2.05, 4.69) is 17.9 Å². The first-order valence-electron chi connectivity index (χ1n) is 6.44. The van der Waals surface area contributed by atoms with Crippen molar-refractivity contribution in [3.63, 3.8) is 0 Å². The van der Waals surface area contributed by atoms with Gasteiger partial charge in [0.05, 0.1) is 0 Å². The molecule has 17 heavy (non-hydrogen) atoms. The van der Waals surface area contributed by atoms with Gasteiger partial charge in [0, 0.05) is 23.8 Å². The number of hydrogen-bond donors (Lipinski definition) is 1. The van der Waals surface area contributed by atoms with E-state index < -0.39 is 0 Å². The Morgan fingerprint density at radius 3 is 3.00 bits per heavy atom. The number of anilines is 1. The summed E-state index contributed by atoms with van der Waals surface area (Å²) in [7, 11) is 0. The van der Waals surface area contributed by atoms with E-state index in [9.17, 15) is 0 Å². The van der Waals surface area contributed by atoms with Crippen molar-refractivity contribution < 1.29 is 0 Å². The van der Waals surface area contributed by atoms with E-state index in [1.165, 1.54) is 24.1 Å². The lowest BCUT2D eigenvalue weighted by molar-refractivity contribution is 0.446. The molecule has 0 bridgehead atoms. The van der Waals surface area contributed by atoms with Gasteiger partial charge >= 0.3 is 0 Å². The van der Waals surface area contributed by atoms with Crippen LogP contribution in [0.1, 0.15) is 25.3 Å². The van der Waals surface area contributed by atoms with Crippen LogP contribution < -0.4 is 10.6 Å². The van der Waals surface area contributed by atoms with Gasteiger partial charge in [0.15, 0.2) is 0 Å². The van der Waals surface area contributed by atoms with Crippen LogP contribution in [0.4, 0.5) is 5.69 Å². The maximum absolute atomic E-state index is 6.28. The summed E-state index contributed by atoms with van der Waals surface area (Å²) in [5.74, 6) is 0.772. The fraction of sp³-hybridized carbons (Fsp3) is 0.571. The second-order valence-electron chi connectivity index (χ2n) is 4.97. The molecule has 1 atom stereocenters. The molecule has 1 aliphatic rings. The topological polar surface area (TPSA) is 29.3 Å². The standard InChI is InChI=1S/C14H21ClN2/c1-11-4-3-9-17(10-11)14-6-2-5-13(15)12(14)7-8-16/h2,5-6,11H,3-4,7-10,16H2,1H3. The average Bonchev–Trinajstić information content (AvgIpc) is 2.32. The molecule has 0 spiro atoms. The van der Waals surface area contributed by atoms with Gasteiger partial charge in [0.25, 0.3) is 0 Å². The van der Waals surface area contributed by atoms with Crippen molar-refractivity contribution in [3.05, 3.63) is 28.8 Å². The Kier molecular flexibility index (Phi) is 4.30. The van der Waals surface area contributed by atoms with E-state index in [1.54, 1.807) is 0 Å². The highest BCUT2D eigenvalue weighted by Gasteiger charge is 2.19. The van der Waals surface area contributed by atoms with Crippen molar-refractivity contribution in [1.29, 1.82) is 0 Å². The van der Waals surface area contributed by atoms with Gasteiger partial charge < -0.3 is 10.6 Å². The predicted octanol–water partition coefficient (Wildman–Crippen LogP) is 3.08. The van der Waals surface area contributed by atoms with Crippen LogP contribution in [-0.2, 0) is 6.42 Å². The first-order valence-corrected chi connectivity index (χ1v) is 6.82. The Morgan fingerprint density at radius 1 is 1.47 bits per heavy atom. The highest BCUT2D eigenvalue weighted by Crippen LogP contribution is 2.30. The molecule has 0 aromatic heterocycles. The van der Waals surface area contributed by atoms with Crippen LogP contribution in [-0.4, -0.2) is 19.6 Å². The molecular formula is C14H21ClN2. The highest BCUT2D eigenvalue weighted by molar-refractivity contribution is 6.31. The van der Waals surface area contributed by atoms with Gasteiger partial charge in [-0.05, 0) is 49.4 Å². The number of benzene rings is 1. The van der Waals surface area contributed by atoms with Crippen LogP contribution >= 0.6 is 11.6 Å². The fourth-order valence-electron chi connectivity index (χ4n) is 2.64. The van der Waals surface area contributed by atoms with Gasteiger partial charge in [-0.15, -0.1) is 0 Å². The smallest absolute Gasteiger partial charge is 0.0459 e. The molecule has 1 aliphatic heterocycles. The summed E-state index contributed by atoms with van der Waals surface area (Å²) < 4.78 is 0. The van der Waals surface area contributed by atoms with Gasteiger partial charge in [-0.25, -0.2) is 0 Å². The zero-order chi connectivity index (χ0) is 12.3. The molecule has 2 N–H and O–H groups in total. The van der Waals surface area contributed by atoms with Gasteiger partial charge in [0.1, 0.15) is 0 Å². The molecule has 1 aromatic rings. The minimum absolute atomic E-state index is 0.653. The van der Waals surface area contributed by atoms with E-state index in [4.69, 9.17) is 17.3 Å². The Morgan fingerprint density at radius 2 is 2.29 bits per heavy atom. The first-order chi connectivity index (χ1) is 8.22. The molecule has 1 fully saturated rings. The third-order valence-electron chi connectivity index (χ3n) is 3.49. The van der Waals surface area contributed by atoms with Crippen LogP contribution in [0.3, 0.4) is 0 Å². The van der Waals surface area contributed by atoms with E-state index in [0.29, 0.717) is 6.54 Å². The Hall–Kier alpha value is -0.730. The Balaban J connectivity index is 2.27. The lowest BCUT2D eigenvalue weighted by Gasteiger charge is -2.34. The zero-order valence-corrected chi connectivity index (χ0v) is 11.2. The van der Waals surface area contributed by atoms with Crippen LogP contribution in [0, 0.1) is 5.92 Å². The second kappa shape index (κ2) is 5.74. The Bertz CT molecular complexity index is 378. The van der Waals surface area contributed by atoms with Gasteiger partial charge in [-0.3, -0.25) is 0 Å². The van der Waals surface area contributed by atoms with E-state index in [1.807, 2.05) is 12.1 Å². The minimum Gasteiger partial charge on any atom is -0.371 e. The number of nitrogens with two attached hydrogens (primary N) is 1. The quantitative estimate of drug-likeness (QED) is 0.896. The maximum Gasteiger partial charge on any atom is 0.0459 e. The summed E-state index contributed by atoms with van der Waals surface area (Å²) in [4.78, 5) is 2.46. The van der Waals surface area contributed by atoms with Gasteiger partial charge in [-0.1, -0.05) is 24.6 Å². The molecule has 2 rings (SSSR count). The molecule has 1 aromatic carbocycles. The third kappa shape index (κ3) is 2.93. The van der Waals surface area contributed by atoms with Gasteiger partial charge in [-0.2, -0.15) is 0 Å². The molecule has 1 heterocycles. The lowest BCUT2D eigenvalue weighted by atomic mass is 9.98. The van der Waals surface area contributed by atoms with Crippen molar-refractivity contribution in [3.8, 4) is 0 Å². The van der Waals surface area contributed by atoms with E-state index in [0.717, 1.165) is 30.5 Å². The summed E-state index contributed by atoms with van der Waals surface area (Å²) >= 11 is 6.28. The molecular weight excluding hydrogens is 232 g/mol. The number of hydrogen-bond acceptors (Lipinski definition) is 2. The molecule has 94 valence electrons. The largest absolute Gasteiger partial charge is 0.371 e. The van der Waals surface area contributed by atoms with Crippen molar-refractivity contribution in [1.82, 2.24) is 0 Å². The van der Waals surface area contributed by atoms with Gasteiger partial charge in [0.2, 0.25) is 0 Å². The molecule has 0 saturated carbocycles. The minimum atomic E-state index is 0.653. The summed E-state index contributed by atoms with van der Waals surface area (Å²) in [5, 5.41) is 0.853. The predicted molar refractivity (Wildman–Crippen MR) is 74.8 cm³/mol. The molecule has 1 unspecified atom stereocenters. The Labute approximate surface area is 109 Å². The third-order valence-corrected chi connectivity index (χ3v) is 3.84. The van der Waals surface area contributed by atoms with Crippen LogP contribution in [0.25, 0.3) is 0 Å². The van der Waals surface area contributed by atoms with Crippen molar-refractivity contribution in [2.75, 3.05) is 24.5 Å². The van der Waals surface area contributed by atoms with E-state index >= 15 is 0 Å². The zero-order valence-electron chi connectivity index (χ0n) is 10.5. The summed E-state index contributed by atoms with van der Waals surface area (Å²) in [6.45, 7) is 5.25. The second-order valence-corrected chi connectivity index (χ2v) is 5.38. The normalized spacial score (nSPS) is 20.6. The van der Waals surface area contributed by atoms with E-state index in [-0.39, 0.29) is 0 Å². The summed E-state index contributed by atoms with van der Waals surface area (Å²) in [5.41, 5.74) is 8.18. The highest BCUT2D eigenvalue weighted by atomic mass is 35.5. The number of halogens is 1. The van der Waals surface area contributed by atoms with Crippen LogP contribution in [0.15, 0.2) is 18.2 Å². The molecule has 2 nitrogen and oxygen atoms in total. The average molecular weight is 253 g/mol. The lowest BCUT2D eigenvalue weighted by Crippen LogP contribution is -2.35. The number of piperidine rings is 1. The summed E-state index contributed by atoms with van der Waals surface area (Å²) in [6, 6.07) is 6.18. The maximum atomic E-state index is 6.28. The van der Waals surface area contributed by atoms with Crippen molar-refractivity contribution in [2.45, 2.75) is 26.2 Å². The number of nitrogens with zero attached hydrogens (tertiary/aromatic N) is 1. The molecule has 0 amide bonds. The van der Waals surface area contributed by atoms with Crippen LogP contribution in [0.5, 0.6) is 0 Å². The molecule has 0 radical (unpaired) electrons. The van der Waals surface area contributed by atoms with Crippen LogP contribution in [0.2, 0.25) is 5.02 Å². The van der Waals surface area contributed by atoms with Crippen molar-refractivity contribution in [2.24, 2.45) is 11.7 Å². The summed E-state index contributed by atoms with van der Waals surface area (Å²) in [6.07, 6.45) is 3.47. The molecule has 1 saturated heterocycles. The molecule has 3 heteroatoms. The number of rotatable bonds is 3. The SMILES string of the molecule is CC1CCCN(c2cccc(Cl)c2CCN)C1. The first kappa shape index (κ1) is 12.7. The fourth-order valence-corrected chi connectivity index (χ4v) is 2.91. The monoisotopic (exact) mass is 252 g/mol.